The number of benzene rings is 1. The number of piperidine rings is 1. The van der Waals surface area contributed by atoms with Crippen LogP contribution in [0, 0.1) is 0 Å². The van der Waals surface area contributed by atoms with Gasteiger partial charge in [0.05, 0.1) is 0 Å². The molecule has 1 heterocycles. The summed E-state index contributed by atoms with van der Waals surface area (Å²) in [7, 11) is 0. The molecule has 1 aromatic carbocycles. The molecule has 0 amide bonds. The van der Waals surface area contributed by atoms with Crippen molar-refractivity contribution in [2.45, 2.75) is 57.7 Å². The van der Waals surface area contributed by atoms with Crippen molar-refractivity contribution >= 4 is 0 Å². The van der Waals surface area contributed by atoms with Crippen LogP contribution in [0.15, 0.2) is 30.3 Å². The van der Waals surface area contributed by atoms with Gasteiger partial charge >= 0.3 is 0 Å². The van der Waals surface area contributed by atoms with Gasteiger partial charge in [0.15, 0.2) is 0 Å². The van der Waals surface area contributed by atoms with Crippen molar-refractivity contribution in [2.75, 3.05) is 6.54 Å². The number of hydrogen-bond acceptors (Lipinski definition) is 3. The molecule has 1 fully saturated rings. The van der Waals surface area contributed by atoms with E-state index in [1.807, 2.05) is 37.3 Å². The van der Waals surface area contributed by atoms with Crippen LogP contribution in [0.25, 0.3) is 0 Å². The lowest BCUT2D eigenvalue weighted by atomic mass is 9.96. The molecule has 1 saturated heterocycles. The molecule has 2 rings (SSSR count). The molecule has 1 aromatic rings. The number of nitrogens with one attached hydrogen (secondary N) is 1. The highest BCUT2D eigenvalue weighted by Crippen LogP contribution is 2.23. The average Bonchev–Trinajstić information content (AvgIpc) is 2.39. The number of nitrogens with zero attached hydrogens (tertiary/aromatic N) is 1. The maximum atomic E-state index is 10.6. The molecule has 3 heteroatoms. The summed E-state index contributed by atoms with van der Waals surface area (Å²) in [5.41, 5.74) is 3.57. The van der Waals surface area contributed by atoms with E-state index in [0.717, 1.165) is 5.56 Å². The van der Waals surface area contributed by atoms with Gasteiger partial charge in [-0.2, -0.15) is 0 Å². The average molecular weight is 262 g/mol. The Morgan fingerprint density at radius 1 is 1.21 bits per heavy atom. The fraction of sp³-hybridized carbons (Fsp3) is 0.625. The monoisotopic (exact) mass is 262 g/mol. The van der Waals surface area contributed by atoms with Crippen molar-refractivity contribution in [3.8, 4) is 0 Å². The summed E-state index contributed by atoms with van der Waals surface area (Å²) in [5.74, 6) is 0. The molecular weight excluding hydrogens is 236 g/mol. The predicted molar refractivity (Wildman–Crippen MR) is 78.6 cm³/mol. The van der Waals surface area contributed by atoms with Gasteiger partial charge in [-0.1, -0.05) is 36.8 Å². The summed E-state index contributed by atoms with van der Waals surface area (Å²) in [5, 5.41) is 12.9. The second-order valence-corrected chi connectivity index (χ2v) is 6.01. The number of hydrogen-bond donors (Lipinski definition) is 2. The van der Waals surface area contributed by atoms with Crippen molar-refractivity contribution in [1.82, 2.24) is 10.4 Å². The zero-order chi connectivity index (χ0) is 13.9. The van der Waals surface area contributed by atoms with E-state index < -0.39 is 5.60 Å². The maximum absolute atomic E-state index is 10.6. The molecule has 19 heavy (non-hydrogen) atoms. The molecule has 1 aliphatic heterocycles. The van der Waals surface area contributed by atoms with Crippen LogP contribution in [0.5, 0.6) is 0 Å². The van der Waals surface area contributed by atoms with E-state index >= 15 is 0 Å². The van der Waals surface area contributed by atoms with Gasteiger partial charge in [-0.3, -0.25) is 5.43 Å². The quantitative estimate of drug-likeness (QED) is 0.875. The Kier molecular flexibility index (Phi) is 4.61. The third kappa shape index (κ3) is 3.56. The van der Waals surface area contributed by atoms with E-state index in [9.17, 15) is 5.11 Å². The van der Waals surface area contributed by atoms with E-state index in [-0.39, 0.29) is 0 Å². The Balaban J connectivity index is 1.97. The van der Waals surface area contributed by atoms with Crippen LogP contribution >= 0.6 is 0 Å². The molecule has 106 valence electrons. The first-order valence-electron chi connectivity index (χ1n) is 7.30. The minimum Gasteiger partial charge on any atom is -0.384 e. The molecule has 0 aliphatic carbocycles. The summed E-state index contributed by atoms with van der Waals surface area (Å²) in [6, 6.07) is 10.9. The van der Waals surface area contributed by atoms with Crippen molar-refractivity contribution in [3.05, 3.63) is 35.9 Å². The first-order chi connectivity index (χ1) is 9.00. The first-order valence-corrected chi connectivity index (χ1v) is 7.30. The molecule has 1 aliphatic rings. The SMILES string of the molecule is CC1CCCC(C)N1NCC(C)(O)c1ccccc1. The van der Waals surface area contributed by atoms with Crippen LogP contribution in [0.1, 0.15) is 45.6 Å². The largest absolute Gasteiger partial charge is 0.384 e. The Morgan fingerprint density at radius 2 is 1.79 bits per heavy atom. The third-order valence-electron chi connectivity index (χ3n) is 4.20. The Hall–Kier alpha value is -0.900. The fourth-order valence-corrected chi connectivity index (χ4v) is 2.88. The van der Waals surface area contributed by atoms with Crippen LogP contribution in [0.3, 0.4) is 0 Å². The van der Waals surface area contributed by atoms with Gasteiger partial charge in [0.25, 0.3) is 0 Å². The highest BCUT2D eigenvalue weighted by molar-refractivity contribution is 5.21. The van der Waals surface area contributed by atoms with Gasteiger partial charge in [-0.25, -0.2) is 5.01 Å². The zero-order valence-corrected chi connectivity index (χ0v) is 12.3. The minimum atomic E-state index is -0.835. The lowest BCUT2D eigenvalue weighted by molar-refractivity contribution is -0.00998. The number of rotatable bonds is 4. The van der Waals surface area contributed by atoms with Crippen molar-refractivity contribution in [2.24, 2.45) is 0 Å². The highest BCUT2D eigenvalue weighted by Gasteiger charge is 2.28. The van der Waals surface area contributed by atoms with Crippen molar-refractivity contribution in [3.63, 3.8) is 0 Å². The van der Waals surface area contributed by atoms with E-state index in [2.05, 4.69) is 24.3 Å². The Labute approximate surface area is 116 Å². The smallest absolute Gasteiger partial charge is 0.101 e. The lowest BCUT2D eigenvalue weighted by Crippen LogP contribution is -2.55. The van der Waals surface area contributed by atoms with E-state index in [0.29, 0.717) is 18.6 Å². The second kappa shape index (κ2) is 6.04. The summed E-state index contributed by atoms with van der Waals surface area (Å²) in [6.07, 6.45) is 3.76. The Morgan fingerprint density at radius 3 is 2.37 bits per heavy atom. The summed E-state index contributed by atoms with van der Waals surface area (Å²) >= 11 is 0. The van der Waals surface area contributed by atoms with Crippen LogP contribution in [0.4, 0.5) is 0 Å². The topological polar surface area (TPSA) is 35.5 Å². The van der Waals surface area contributed by atoms with Crippen molar-refractivity contribution in [1.29, 1.82) is 0 Å². The molecule has 0 radical (unpaired) electrons. The molecule has 2 N–H and O–H groups in total. The van der Waals surface area contributed by atoms with Crippen LogP contribution in [-0.2, 0) is 5.60 Å². The molecule has 0 spiro atoms. The molecule has 3 nitrogen and oxygen atoms in total. The number of hydrazine groups is 1. The first kappa shape index (κ1) is 14.5. The van der Waals surface area contributed by atoms with Gasteiger partial charge in [0, 0.05) is 18.6 Å². The lowest BCUT2D eigenvalue weighted by Gasteiger charge is -2.40. The van der Waals surface area contributed by atoms with Gasteiger partial charge in [-0.15, -0.1) is 0 Å². The molecule has 0 aromatic heterocycles. The normalized spacial score (nSPS) is 28.0. The third-order valence-corrected chi connectivity index (χ3v) is 4.20. The maximum Gasteiger partial charge on any atom is 0.101 e. The minimum absolute atomic E-state index is 0.537. The van der Waals surface area contributed by atoms with Crippen LogP contribution in [-0.4, -0.2) is 28.7 Å². The van der Waals surface area contributed by atoms with Crippen LogP contribution in [0.2, 0.25) is 0 Å². The van der Waals surface area contributed by atoms with Gasteiger partial charge in [-0.05, 0) is 39.2 Å². The number of aliphatic hydroxyl groups is 1. The highest BCUT2D eigenvalue weighted by atomic mass is 16.3. The molecule has 3 atom stereocenters. The Bertz CT molecular complexity index is 381. The van der Waals surface area contributed by atoms with Gasteiger partial charge < -0.3 is 5.11 Å². The van der Waals surface area contributed by atoms with E-state index in [4.69, 9.17) is 0 Å². The van der Waals surface area contributed by atoms with E-state index in [1.54, 1.807) is 0 Å². The van der Waals surface area contributed by atoms with Gasteiger partial charge in [0.1, 0.15) is 5.60 Å². The molecule has 3 unspecified atom stereocenters. The standard InChI is InChI=1S/C16H26N2O/c1-13-8-7-9-14(2)18(13)17-12-16(3,19)15-10-5-4-6-11-15/h4-6,10-11,13-14,17,19H,7-9,12H2,1-3H3. The van der Waals surface area contributed by atoms with E-state index in [1.165, 1.54) is 19.3 Å². The van der Waals surface area contributed by atoms with Crippen molar-refractivity contribution < 1.29 is 5.11 Å². The molecule has 0 bridgehead atoms. The van der Waals surface area contributed by atoms with Crippen LogP contribution < -0.4 is 5.43 Å². The summed E-state index contributed by atoms with van der Waals surface area (Å²) < 4.78 is 0. The predicted octanol–water partition coefficient (Wildman–Crippen LogP) is 2.66. The molecule has 0 saturated carbocycles. The molecular formula is C16H26N2O. The fourth-order valence-electron chi connectivity index (χ4n) is 2.88. The summed E-state index contributed by atoms with van der Waals surface area (Å²) in [4.78, 5) is 0. The zero-order valence-electron chi connectivity index (χ0n) is 12.3. The second-order valence-electron chi connectivity index (χ2n) is 6.01. The summed E-state index contributed by atoms with van der Waals surface area (Å²) in [6.45, 7) is 6.92. The van der Waals surface area contributed by atoms with Gasteiger partial charge in [0.2, 0.25) is 0 Å².